The highest BCUT2D eigenvalue weighted by Gasteiger charge is 2.57. The molecule has 1 saturated carbocycles. The molecule has 19 heavy (non-hydrogen) atoms. The molecule has 1 aliphatic heterocycles. The molecule has 2 N–H and O–H groups in total. The third-order valence-electron chi connectivity index (χ3n) is 4.37. The van der Waals surface area contributed by atoms with Crippen LogP contribution in [0, 0.1) is 5.92 Å². The number of aliphatic carboxylic acids is 1. The summed E-state index contributed by atoms with van der Waals surface area (Å²) in [6.45, 7) is 4.86. The number of carboxylic acid groups (broad SMARTS) is 1. The number of imide groups is 1. The molecule has 3 amide bonds. The van der Waals surface area contributed by atoms with Crippen LogP contribution < -0.4 is 5.32 Å². The van der Waals surface area contributed by atoms with Crippen LogP contribution in [-0.4, -0.2) is 39.0 Å². The Morgan fingerprint density at radius 1 is 1.37 bits per heavy atom. The van der Waals surface area contributed by atoms with Crippen LogP contribution in [-0.2, 0) is 9.59 Å². The van der Waals surface area contributed by atoms with E-state index in [4.69, 9.17) is 0 Å². The Morgan fingerprint density at radius 2 is 1.89 bits per heavy atom. The van der Waals surface area contributed by atoms with Gasteiger partial charge >= 0.3 is 12.0 Å². The molecule has 2 rings (SSSR count). The van der Waals surface area contributed by atoms with Crippen molar-refractivity contribution >= 4 is 17.9 Å². The summed E-state index contributed by atoms with van der Waals surface area (Å²) >= 11 is 0. The highest BCUT2D eigenvalue weighted by Crippen LogP contribution is 2.38. The Kier molecular flexibility index (Phi) is 3.07. The molecule has 1 spiro atoms. The first-order valence-electron chi connectivity index (χ1n) is 6.61. The molecule has 1 heterocycles. The minimum Gasteiger partial charge on any atom is -0.480 e. The predicted molar refractivity (Wildman–Crippen MR) is 67.5 cm³/mol. The van der Waals surface area contributed by atoms with E-state index in [1.165, 1.54) is 13.8 Å². The van der Waals surface area contributed by atoms with E-state index in [1.807, 2.05) is 0 Å². The van der Waals surface area contributed by atoms with E-state index in [0.717, 1.165) is 17.7 Å². The van der Waals surface area contributed by atoms with E-state index in [9.17, 15) is 19.5 Å². The van der Waals surface area contributed by atoms with Gasteiger partial charge in [-0.1, -0.05) is 6.92 Å². The third-order valence-corrected chi connectivity index (χ3v) is 4.37. The van der Waals surface area contributed by atoms with Crippen molar-refractivity contribution in [3.63, 3.8) is 0 Å². The minimum absolute atomic E-state index is 0.392. The number of carbonyl (C=O) groups excluding carboxylic acids is 2. The second-order valence-corrected chi connectivity index (χ2v) is 6.20. The van der Waals surface area contributed by atoms with Crippen molar-refractivity contribution in [3.05, 3.63) is 0 Å². The second kappa shape index (κ2) is 4.21. The zero-order valence-electron chi connectivity index (χ0n) is 11.5. The van der Waals surface area contributed by atoms with Crippen LogP contribution in [0.3, 0.4) is 0 Å². The van der Waals surface area contributed by atoms with Gasteiger partial charge in [-0.2, -0.15) is 0 Å². The second-order valence-electron chi connectivity index (χ2n) is 6.20. The van der Waals surface area contributed by atoms with Crippen molar-refractivity contribution in [3.8, 4) is 0 Å². The van der Waals surface area contributed by atoms with Gasteiger partial charge in [-0.15, -0.1) is 0 Å². The Labute approximate surface area is 112 Å². The molecule has 2 aliphatic rings. The Bertz CT molecular complexity index is 436. The zero-order chi connectivity index (χ0) is 14.4. The summed E-state index contributed by atoms with van der Waals surface area (Å²) in [6.07, 6.45) is 2.91. The lowest BCUT2D eigenvalue weighted by molar-refractivity contribution is -0.153. The van der Waals surface area contributed by atoms with Gasteiger partial charge in [0.05, 0.1) is 0 Å². The average Bonchev–Trinajstić information content (AvgIpc) is 2.55. The van der Waals surface area contributed by atoms with Crippen molar-refractivity contribution in [1.82, 2.24) is 10.2 Å². The number of hydrogen-bond donors (Lipinski definition) is 2. The molecule has 2 fully saturated rings. The normalized spacial score (nSPS) is 31.7. The maximum absolute atomic E-state index is 12.5. The highest BCUT2D eigenvalue weighted by molar-refractivity contribution is 6.10. The SMILES string of the molecule is CC1CCC2(CC1)NC(=O)N(C(C)(C)C(=O)O)C2=O. The number of hydrogen-bond acceptors (Lipinski definition) is 3. The number of nitrogens with one attached hydrogen (secondary N) is 1. The molecule has 0 unspecified atom stereocenters. The quantitative estimate of drug-likeness (QED) is 0.740. The highest BCUT2D eigenvalue weighted by atomic mass is 16.4. The molecule has 0 aromatic carbocycles. The first-order chi connectivity index (χ1) is 8.70. The summed E-state index contributed by atoms with van der Waals surface area (Å²) in [7, 11) is 0. The minimum atomic E-state index is -1.52. The summed E-state index contributed by atoms with van der Waals surface area (Å²) in [5.74, 6) is -1.04. The van der Waals surface area contributed by atoms with E-state index in [-0.39, 0.29) is 0 Å². The maximum atomic E-state index is 12.5. The average molecular weight is 268 g/mol. The fraction of sp³-hybridized carbons (Fsp3) is 0.769. The first-order valence-corrected chi connectivity index (χ1v) is 6.61. The van der Waals surface area contributed by atoms with Gasteiger partial charge in [0, 0.05) is 0 Å². The smallest absolute Gasteiger partial charge is 0.329 e. The van der Waals surface area contributed by atoms with Crippen LogP contribution in [0.1, 0.15) is 46.5 Å². The molecular formula is C13H20N2O4. The van der Waals surface area contributed by atoms with E-state index < -0.39 is 29.0 Å². The van der Waals surface area contributed by atoms with Crippen molar-refractivity contribution in [1.29, 1.82) is 0 Å². The van der Waals surface area contributed by atoms with Gasteiger partial charge in [0.15, 0.2) is 0 Å². The van der Waals surface area contributed by atoms with E-state index in [2.05, 4.69) is 12.2 Å². The summed E-state index contributed by atoms with van der Waals surface area (Å²) in [4.78, 5) is 36.7. The molecule has 0 aromatic rings. The van der Waals surface area contributed by atoms with Crippen LogP contribution in [0.4, 0.5) is 4.79 Å². The Balaban J connectivity index is 2.29. The van der Waals surface area contributed by atoms with E-state index in [0.29, 0.717) is 18.8 Å². The number of rotatable bonds is 2. The number of amides is 3. The molecular weight excluding hydrogens is 248 g/mol. The number of nitrogens with zero attached hydrogens (tertiary/aromatic N) is 1. The van der Waals surface area contributed by atoms with Gasteiger partial charge in [0.2, 0.25) is 0 Å². The van der Waals surface area contributed by atoms with Gasteiger partial charge in [-0.3, -0.25) is 4.79 Å². The lowest BCUT2D eigenvalue weighted by Crippen LogP contribution is -2.55. The fourth-order valence-corrected chi connectivity index (χ4v) is 2.82. The van der Waals surface area contributed by atoms with Crippen molar-refractivity contribution in [2.75, 3.05) is 0 Å². The summed E-state index contributed by atoms with van der Waals surface area (Å²) in [5.41, 5.74) is -2.40. The van der Waals surface area contributed by atoms with Crippen molar-refractivity contribution in [2.24, 2.45) is 5.92 Å². The number of urea groups is 1. The molecule has 0 bridgehead atoms. The van der Waals surface area contributed by atoms with Gasteiger partial charge in [0.25, 0.3) is 5.91 Å². The fourth-order valence-electron chi connectivity index (χ4n) is 2.82. The zero-order valence-corrected chi connectivity index (χ0v) is 11.5. The maximum Gasteiger partial charge on any atom is 0.329 e. The Hall–Kier alpha value is -1.59. The molecule has 6 nitrogen and oxygen atoms in total. The topological polar surface area (TPSA) is 86.7 Å². The van der Waals surface area contributed by atoms with Gasteiger partial charge in [0.1, 0.15) is 11.1 Å². The summed E-state index contributed by atoms with van der Waals surface area (Å²) in [5, 5.41) is 11.9. The van der Waals surface area contributed by atoms with Crippen LogP contribution in [0.15, 0.2) is 0 Å². The lowest BCUT2D eigenvalue weighted by Gasteiger charge is -2.35. The van der Waals surface area contributed by atoms with Crippen LogP contribution in [0.25, 0.3) is 0 Å². The molecule has 6 heteroatoms. The molecule has 0 radical (unpaired) electrons. The van der Waals surface area contributed by atoms with E-state index in [1.54, 1.807) is 0 Å². The molecule has 1 saturated heterocycles. The molecule has 0 aromatic heterocycles. The van der Waals surface area contributed by atoms with E-state index >= 15 is 0 Å². The largest absolute Gasteiger partial charge is 0.480 e. The molecule has 1 aliphatic carbocycles. The molecule has 106 valence electrons. The first kappa shape index (κ1) is 13.8. The predicted octanol–water partition coefficient (Wildman–Crippen LogP) is 1.35. The summed E-state index contributed by atoms with van der Waals surface area (Å²) < 4.78 is 0. The lowest BCUT2D eigenvalue weighted by atomic mass is 9.77. The van der Waals surface area contributed by atoms with Crippen LogP contribution in [0.5, 0.6) is 0 Å². The molecule has 0 atom stereocenters. The van der Waals surface area contributed by atoms with Gasteiger partial charge < -0.3 is 10.4 Å². The van der Waals surface area contributed by atoms with Gasteiger partial charge in [-0.25, -0.2) is 14.5 Å². The van der Waals surface area contributed by atoms with Crippen molar-refractivity contribution < 1.29 is 19.5 Å². The van der Waals surface area contributed by atoms with Crippen molar-refractivity contribution in [2.45, 2.75) is 57.5 Å². The van der Waals surface area contributed by atoms with Crippen LogP contribution >= 0.6 is 0 Å². The Morgan fingerprint density at radius 3 is 2.37 bits per heavy atom. The van der Waals surface area contributed by atoms with Gasteiger partial charge in [-0.05, 0) is 45.4 Å². The number of carbonyl (C=O) groups is 3. The standard InChI is InChI=1S/C13H20N2O4/c1-8-4-6-13(7-5-8)9(16)15(11(19)14-13)12(2,3)10(17)18/h8H,4-7H2,1-3H3,(H,14,19)(H,17,18). The van der Waals surface area contributed by atoms with Crippen LogP contribution in [0.2, 0.25) is 0 Å². The number of carboxylic acids is 1. The summed E-state index contributed by atoms with van der Waals surface area (Å²) in [6, 6.07) is -0.591. The monoisotopic (exact) mass is 268 g/mol. The third kappa shape index (κ3) is 1.99.